The molecule has 4 aromatic carbocycles. The Labute approximate surface area is 187 Å². The molecule has 0 unspecified atom stereocenters. The van der Waals surface area contributed by atoms with Crippen molar-refractivity contribution in [1.29, 1.82) is 0 Å². The summed E-state index contributed by atoms with van der Waals surface area (Å²) in [6, 6.07) is 26.3. The lowest BCUT2D eigenvalue weighted by Gasteiger charge is -2.07. The summed E-state index contributed by atoms with van der Waals surface area (Å²) in [4.78, 5) is 38.0. The van der Waals surface area contributed by atoms with Gasteiger partial charge in [0.2, 0.25) is 5.43 Å². The van der Waals surface area contributed by atoms with Crippen LogP contribution in [0.1, 0.15) is 20.7 Å². The van der Waals surface area contributed by atoms with Crippen molar-refractivity contribution < 1.29 is 23.5 Å². The van der Waals surface area contributed by atoms with Crippen LogP contribution in [0, 0.1) is 0 Å². The van der Waals surface area contributed by atoms with Gasteiger partial charge in [0.15, 0.2) is 0 Å². The largest absolute Gasteiger partial charge is 0.456 e. The summed E-state index contributed by atoms with van der Waals surface area (Å²) < 4.78 is 16.6. The van der Waals surface area contributed by atoms with E-state index in [1.165, 1.54) is 36.4 Å². The molecule has 0 fully saturated rings. The van der Waals surface area contributed by atoms with E-state index in [1.807, 2.05) is 12.1 Å². The molecule has 0 saturated carbocycles. The number of carbonyl (C=O) groups excluding carboxylic acids is 2. The standard InChI is InChI=1S/C27H16O6/c28-25-21-13-11-17(26(29)31-19-7-3-1-4-8-19)15-23(21)33-24-16-18(12-14-22(24)25)27(30)32-20-9-5-2-6-10-20/h1-16H. The van der Waals surface area contributed by atoms with E-state index >= 15 is 0 Å². The fraction of sp³-hybridized carbons (Fsp3) is 0. The van der Waals surface area contributed by atoms with Crippen LogP contribution in [0.2, 0.25) is 0 Å². The number of benzene rings is 4. The molecule has 0 saturated heterocycles. The highest BCUT2D eigenvalue weighted by Crippen LogP contribution is 2.23. The first-order valence-electron chi connectivity index (χ1n) is 10.1. The maximum Gasteiger partial charge on any atom is 0.343 e. The second kappa shape index (κ2) is 8.43. The smallest absolute Gasteiger partial charge is 0.343 e. The Bertz CT molecular complexity index is 1440. The van der Waals surface area contributed by atoms with E-state index in [2.05, 4.69) is 0 Å². The van der Waals surface area contributed by atoms with Crippen molar-refractivity contribution in [3.8, 4) is 11.5 Å². The second-order valence-electron chi connectivity index (χ2n) is 7.26. The van der Waals surface area contributed by atoms with E-state index in [1.54, 1.807) is 48.5 Å². The Morgan fingerprint density at radius 3 is 1.42 bits per heavy atom. The molecular weight excluding hydrogens is 420 g/mol. The number of fused-ring (bicyclic) bond motifs is 2. The van der Waals surface area contributed by atoms with Crippen molar-refractivity contribution >= 4 is 33.9 Å². The molecule has 1 heterocycles. The summed E-state index contributed by atoms with van der Waals surface area (Å²) in [5.74, 6) is -0.342. The average molecular weight is 436 g/mol. The van der Waals surface area contributed by atoms with E-state index in [0.717, 1.165) is 0 Å². The molecule has 6 heteroatoms. The Morgan fingerprint density at radius 2 is 1.00 bits per heavy atom. The molecular formula is C27H16O6. The van der Waals surface area contributed by atoms with Gasteiger partial charge in [-0.3, -0.25) is 4.79 Å². The summed E-state index contributed by atoms with van der Waals surface area (Å²) in [6.07, 6.45) is 0. The maximum absolute atomic E-state index is 12.9. The molecule has 1 aromatic heterocycles. The van der Waals surface area contributed by atoms with E-state index in [4.69, 9.17) is 13.9 Å². The molecule has 6 nitrogen and oxygen atoms in total. The van der Waals surface area contributed by atoms with Gasteiger partial charge in [-0.1, -0.05) is 36.4 Å². The number of rotatable bonds is 4. The number of ether oxygens (including phenoxy) is 2. The Hall–Kier alpha value is -4.71. The van der Waals surface area contributed by atoms with E-state index < -0.39 is 11.9 Å². The molecule has 0 spiro atoms. The monoisotopic (exact) mass is 436 g/mol. The third kappa shape index (κ3) is 4.09. The zero-order valence-corrected chi connectivity index (χ0v) is 17.2. The summed E-state index contributed by atoms with van der Waals surface area (Å²) in [7, 11) is 0. The molecule has 0 bridgehead atoms. The summed E-state index contributed by atoms with van der Waals surface area (Å²) in [5.41, 5.74) is 0.617. The van der Waals surface area contributed by atoms with Crippen molar-refractivity contribution in [2.75, 3.05) is 0 Å². The second-order valence-corrected chi connectivity index (χ2v) is 7.26. The first kappa shape index (κ1) is 20.2. The molecule has 5 rings (SSSR count). The lowest BCUT2D eigenvalue weighted by Crippen LogP contribution is -2.10. The first-order chi connectivity index (χ1) is 16.1. The van der Waals surface area contributed by atoms with Gasteiger partial charge < -0.3 is 13.9 Å². The Kier molecular flexibility index (Phi) is 5.16. The summed E-state index contributed by atoms with van der Waals surface area (Å²) >= 11 is 0. The van der Waals surface area contributed by atoms with E-state index in [-0.39, 0.29) is 27.7 Å². The molecule has 160 valence electrons. The maximum atomic E-state index is 12.9. The number of hydrogen-bond acceptors (Lipinski definition) is 6. The predicted octanol–water partition coefficient (Wildman–Crippen LogP) is 5.38. The van der Waals surface area contributed by atoms with Gasteiger partial charge in [0.05, 0.1) is 21.9 Å². The molecule has 5 aromatic rings. The minimum atomic E-state index is -0.578. The van der Waals surface area contributed by atoms with Crippen molar-refractivity contribution in [2.24, 2.45) is 0 Å². The minimum Gasteiger partial charge on any atom is -0.456 e. The van der Waals surface area contributed by atoms with Crippen LogP contribution in [0.5, 0.6) is 11.5 Å². The third-order valence-corrected chi connectivity index (χ3v) is 5.05. The molecule has 0 aliphatic carbocycles. The van der Waals surface area contributed by atoms with Crippen LogP contribution in [0.15, 0.2) is 106 Å². The first-order valence-corrected chi connectivity index (χ1v) is 10.1. The van der Waals surface area contributed by atoms with Crippen molar-refractivity contribution in [1.82, 2.24) is 0 Å². The molecule has 0 amide bonds. The Balaban J connectivity index is 1.50. The predicted molar refractivity (Wildman–Crippen MR) is 123 cm³/mol. The van der Waals surface area contributed by atoms with E-state index in [0.29, 0.717) is 22.3 Å². The van der Waals surface area contributed by atoms with Crippen LogP contribution >= 0.6 is 0 Å². The number of esters is 2. The minimum absolute atomic E-state index is 0.212. The van der Waals surface area contributed by atoms with Gasteiger partial charge in [-0.05, 0) is 60.7 Å². The molecule has 0 N–H and O–H groups in total. The molecule has 0 atom stereocenters. The quantitative estimate of drug-likeness (QED) is 0.214. The summed E-state index contributed by atoms with van der Waals surface area (Å²) in [6.45, 7) is 0. The molecule has 0 radical (unpaired) electrons. The van der Waals surface area contributed by atoms with Crippen molar-refractivity contribution in [2.45, 2.75) is 0 Å². The van der Waals surface area contributed by atoms with Gasteiger partial charge >= 0.3 is 11.9 Å². The number of para-hydroxylation sites is 2. The van der Waals surface area contributed by atoms with Gasteiger partial charge in [0.25, 0.3) is 0 Å². The lowest BCUT2D eigenvalue weighted by atomic mass is 10.1. The fourth-order valence-corrected chi connectivity index (χ4v) is 3.42. The summed E-state index contributed by atoms with van der Waals surface area (Å²) in [5, 5.41) is 0.636. The van der Waals surface area contributed by atoms with Crippen LogP contribution in [-0.2, 0) is 0 Å². The molecule has 0 aliphatic heterocycles. The van der Waals surface area contributed by atoms with Crippen molar-refractivity contribution in [3.05, 3.63) is 118 Å². The highest BCUT2D eigenvalue weighted by molar-refractivity contribution is 5.99. The van der Waals surface area contributed by atoms with Crippen molar-refractivity contribution in [3.63, 3.8) is 0 Å². The Morgan fingerprint density at radius 1 is 0.576 bits per heavy atom. The average Bonchev–Trinajstić information content (AvgIpc) is 2.84. The van der Waals surface area contributed by atoms with Crippen LogP contribution in [0.25, 0.3) is 21.9 Å². The van der Waals surface area contributed by atoms with Crippen LogP contribution in [0.3, 0.4) is 0 Å². The van der Waals surface area contributed by atoms with Gasteiger partial charge in [-0.25, -0.2) is 9.59 Å². The van der Waals surface area contributed by atoms with E-state index in [9.17, 15) is 14.4 Å². The normalized spacial score (nSPS) is 10.8. The lowest BCUT2D eigenvalue weighted by molar-refractivity contribution is 0.0725. The number of hydrogen-bond donors (Lipinski definition) is 0. The molecule has 33 heavy (non-hydrogen) atoms. The number of carbonyl (C=O) groups is 2. The highest BCUT2D eigenvalue weighted by Gasteiger charge is 2.16. The third-order valence-electron chi connectivity index (χ3n) is 5.05. The highest BCUT2D eigenvalue weighted by atomic mass is 16.5. The van der Waals surface area contributed by atoms with Crippen LogP contribution < -0.4 is 14.9 Å². The van der Waals surface area contributed by atoms with Crippen LogP contribution in [-0.4, -0.2) is 11.9 Å². The molecule has 0 aliphatic rings. The van der Waals surface area contributed by atoms with Gasteiger partial charge in [0.1, 0.15) is 22.7 Å². The van der Waals surface area contributed by atoms with Gasteiger partial charge in [-0.15, -0.1) is 0 Å². The van der Waals surface area contributed by atoms with Gasteiger partial charge in [0, 0.05) is 0 Å². The van der Waals surface area contributed by atoms with Crippen LogP contribution in [0.4, 0.5) is 0 Å². The zero-order chi connectivity index (χ0) is 22.8. The topological polar surface area (TPSA) is 82.8 Å². The SMILES string of the molecule is O=C(Oc1ccccc1)c1ccc2c(=O)c3ccc(C(=O)Oc4ccccc4)cc3oc2c1. The fourth-order valence-electron chi connectivity index (χ4n) is 3.42. The van der Waals surface area contributed by atoms with Gasteiger partial charge in [-0.2, -0.15) is 0 Å². The zero-order valence-electron chi connectivity index (χ0n) is 17.2.